The fourth-order valence-electron chi connectivity index (χ4n) is 3.03. The Morgan fingerprint density at radius 1 is 1.24 bits per heavy atom. The smallest absolute Gasteiger partial charge is 0.215 e. The van der Waals surface area contributed by atoms with Gasteiger partial charge in [-0.15, -0.1) is 0 Å². The molecule has 5 heteroatoms. The van der Waals surface area contributed by atoms with Gasteiger partial charge in [-0.25, -0.2) is 13.1 Å². The van der Waals surface area contributed by atoms with Gasteiger partial charge in [-0.3, -0.25) is 0 Å². The summed E-state index contributed by atoms with van der Waals surface area (Å²) < 4.78 is 27.2. The van der Waals surface area contributed by atoms with Crippen molar-refractivity contribution in [2.45, 2.75) is 43.8 Å². The molecule has 0 aromatic heterocycles. The summed E-state index contributed by atoms with van der Waals surface area (Å²) in [5.41, 5.74) is 0.356. The van der Waals surface area contributed by atoms with Crippen LogP contribution >= 0.6 is 0 Å². The topological polar surface area (TPSA) is 58.2 Å². The summed E-state index contributed by atoms with van der Waals surface area (Å²) in [6.07, 6.45) is 6.85. The number of piperidine rings is 1. The van der Waals surface area contributed by atoms with Gasteiger partial charge in [0.25, 0.3) is 0 Å². The Kier molecular flexibility index (Phi) is 2.96. The third-order valence-corrected chi connectivity index (χ3v) is 6.48. The summed E-state index contributed by atoms with van der Waals surface area (Å²) in [5.74, 6) is 0.815. The second kappa shape index (κ2) is 4.21. The van der Waals surface area contributed by atoms with Crippen molar-refractivity contribution in [2.24, 2.45) is 11.3 Å². The Labute approximate surface area is 104 Å². The summed E-state index contributed by atoms with van der Waals surface area (Å²) in [6.45, 7) is 2.26. The van der Waals surface area contributed by atoms with Gasteiger partial charge in [0, 0.05) is 13.1 Å². The van der Waals surface area contributed by atoms with Crippen molar-refractivity contribution in [3.63, 3.8) is 0 Å². The van der Waals surface area contributed by atoms with Crippen LogP contribution in [0.4, 0.5) is 0 Å². The lowest BCUT2D eigenvalue weighted by molar-refractivity contribution is 0.425. The molecule has 1 heterocycles. The van der Waals surface area contributed by atoms with Crippen LogP contribution in [0.5, 0.6) is 0 Å². The van der Waals surface area contributed by atoms with E-state index in [0.717, 1.165) is 25.3 Å². The Morgan fingerprint density at radius 2 is 2.00 bits per heavy atom. The number of rotatable bonds is 5. The SMILES string of the molecule is O=S(=O)(NCC1(C2CC2)CC1)C1CCCNC1. The van der Waals surface area contributed by atoms with E-state index in [2.05, 4.69) is 10.0 Å². The predicted octanol–water partition coefficient (Wildman–Crippen LogP) is 0.848. The quantitative estimate of drug-likeness (QED) is 0.768. The largest absolute Gasteiger partial charge is 0.315 e. The predicted molar refractivity (Wildman–Crippen MR) is 67.2 cm³/mol. The molecule has 3 fully saturated rings. The molecule has 2 aliphatic carbocycles. The summed E-state index contributed by atoms with van der Waals surface area (Å²) in [7, 11) is -3.09. The van der Waals surface area contributed by atoms with Crippen molar-refractivity contribution in [1.82, 2.24) is 10.0 Å². The lowest BCUT2D eigenvalue weighted by atomic mass is 10.0. The van der Waals surface area contributed by atoms with E-state index in [9.17, 15) is 8.42 Å². The van der Waals surface area contributed by atoms with Gasteiger partial charge in [0.1, 0.15) is 0 Å². The zero-order chi connectivity index (χ0) is 11.9. The van der Waals surface area contributed by atoms with E-state index in [-0.39, 0.29) is 5.25 Å². The Morgan fingerprint density at radius 3 is 2.53 bits per heavy atom. The summed E-state index contributed by atoms with van der Waals surface area (Å²) in [6, 6.07) is 0. The monoisotopic (exact) mass is 258 g/mol. The van der Waals surface area contributed by atoms with E-state index < -0.39 is 10.0 Å². The zero-order valence-corrected chi connectivity index (χ0v) is 11.1. The second-order valence-corrected chi connectivity index (χ2v) is 8.02. The molecule has 2 N–H and O–H groups in total. The average molecular weight is 258 g/mol. The molecule has 1 unspecified atom stereocenters. The zero-order valence-electron chi connectivity index (χ0n) is 10.2. The minimum Gasteiger partial charge on any atom is -0.315 e. The van der Waals surface area contributed by atoms with E-state index in [1.54, 1.807) is 0 Å². The molecule has 0 aromatic carbocycles. The van der Waals surface area contributed by atoms with Crippen LogP contribution in [-0.4, -0.2) is 33.3 Å². The molecule has 0 radical (unpaired) electrons. The molecule has 1 aliphatic heterocycles. The average Bonchev–Trinajstić information content (AvgIpc) is 3.19. The third kappa shape index (κ3) is 2.51. The van der Waals surface area contributed by atoms with E-state index in [4.69, 9.17) is 0 Å². The van der Waals surface area contributed by atoms with Gasteiger partial charge in [0.05, 0.1) is 5.25 Å². The number of hydrogen-bond acceptors (Lipinski definition) is 3. The maximum Gasteiger partial charge on any atom is 0.215 e. The van der Waals surface area contributed by atoms with Gasteiger partial charge in [0.15, 0.2) is 0 Å². The molecule has 2 saturated carbocycles. The molecule has 0 spiro atoms. The van der Waals surface area contributed by atoms with Gasteiger partial charge in [-0.05, 0) is 56.4 Å². The minimum absolute atomic E-state index is 0.216. The first-order valence-electron chi connectivity index (χ1n) is 6.82. The van der Waals surface area contributed by atoms with Gasteiger partial charge in [-0.1, -0.05) is 0 Å². The molecular weight excluding hydrogens is 236 g/mol. The molecule has 0 amide bonds. The first kappa shape index (κ1) is 11.9. The standard InChI is InChI=1S/C12H22N2O2S/c15-17(16,11-2-1-7-13-8-11)14-9-12(5-6-12)10-3-4-10/h10-11,13-14H,1-9H2. The van der Waals surface area contributed by atoms with Crippen molar-refractivity contribution < 1.29 is 8.42 Å². The van der Waals surface area contributed by atoms with E-state index in [0.29, 0.717) is 18.5 Å². The lowest BCUT2D eigenvalue weighted by Crippen LogP contribution is -2.45. The van der Waals surface area contributed by atoms with Gasteiger partial charge in [0.2, 0.25) is 10.0 Å². The van der Waals surface area contributed by atoms with Crippen LogP contribution < -0.4 is 10.0 Å². The van der Waals surface area contributed by atoms with Crippen LogP contribution in [-0.2, 0) is 10.0 Å². The number of sulfonamides is 1. The summed E-state index contributed by atoms with van der Waals surface area (Å²) in [4.78, 5) is 0. The summed E-state index contributed by atoms with van der Waals surface area (Å²) in [5, 5.41) is 2.95. The molecule has 3 rings (SSSR count). The van der Waals surface area contributed by atoms with Crippen molar-refractivity contribution in [3.8, 4) is 0 Å². The van der Waals surface area contributed by atoms with Crippen molar-refractivity contribution >= 4 is 10.0 Å². The fraction of sp³-hybridized carbons (Fsp3) is 1.00. The highest BCUT2D eigenvalue weighted by atomic mass is 32.2. The molecule has 1 atom stereocenters. The first-order chi connectivity index (χ1) is 8.12. The van der Waals surface area contributed by atoms with Crippen molar-refractivity contribution in [2.75, 3.05) is 19.6 Å². The van der Waals surface area contributed by atoms with Crippen LogP contribution in [0.2, 0.25) is 0 Å². The number of nitrogens with one attached hydrogen (secondary N) is 2. The van der Waals surface area contributed by atoms with Crippen LogP contribution in [0.25, 0.3) is 0 Å². The van der Waals surface area contributed by atoms with Gasteiger partial charge in [-0.2, -0.15) is 0 Å². The molecule has 0 aromatic rings. The molecule has 0 bridgehead atoms. The highest BCUT2D eigenvalue weighted by Gasteiger charge is 2.53. The van der Waals surface area contributed by atoms with E-state index >= 15 is 0 Å². The first-order valence-corrected chi connectivity index (χ1v) is 8.36. The molecule has 3 aliphatic rings. The normalized spacial score (nSPS) is 32.4. The van der Waals surface area contributed by atoms with Crippen molar-refractivity contribution in [3.05, 3.63) is 0 Å². The molecule has 98 valence electrons. The van der Waals surface area contributed by atoms with Gasteiger partial charge < -0.3 is 5.32 Å². The second-order valence-electron chi connectivity index (χ2n) is 5.97. The van der Waals surface area contributed by atoms with Crippen LogP contribution in [0.1, 0.15) is 38.5 Å². The molecular formula is C12H22N2O2S. The van der Waals surface area contributed by atoms with Crippen LogP contribution in [0.3, 0.4) is 0 Å². The summed E-state index contributed by atoms with van der Waals surface area (Å²) >= 11 is 0. The minimum atomic E-state index is -3.09. The maximum atomic E-state index is 12.2. The number of hydrogen-bond donors (Lipinski definition) is 2. The van der Waals surface area contributed by atoms with E-state index in [1.165, 1.54) is 25.7 Å². The Hall–Kier alpha value is -0.130. The molecule has 17 heavy (non-hydrogen) atoms. The van der Waals surface area contributed by atoms with E-state index in [1.807, 2.05) is 0 Å². The van der Waals surface area contributed by atoms with Crippen LogP contribution in [0.15, 0.2) is 0 Å². The van der Waals surface area contributed by atoms with Crippen molar-refractivity contribution in [1.29, 1.82) is 0 Å². The third-order valence-electron chi connectivity index (χ3n) is 4.65. The highest BCUT2D eigenvalue weighted by Crippen LogP contribution is 2.60. The molecule has 4 nitrogen and oxygen atoms in total. The fourth-order valence-corrected chi connectivity index (χ4v) is 4.57. The Bertz CT molecular complexity index is 379. The van der Waals surface area contributed by atoms with Gasteiger partial charge >= 0.3 is 0 Å². The Balaban J connectivity index is 1.56. The lowest BCUT2D eigenvalue weighted by Gasteiger charge is -2.24. The maximum absolute atomic E-state index is 12.2. The highest BCUT2D eigenvalue weighted by molar-refractivity contribution is 7.90. The van der Waals surface area contributed by atoms with Crippen LogP contribution in [0, 0.1) is 11.3 Å². The molecule has 1 saturated heterocycles.